The number of pyridine rings is 1. The van der Waals surface area contributed by atoms with Crippen LogP contribution in [0, 0.1) is 0 Å². The van der Waals surface area contributed by atoms with Crippen LogP contribution < -0.4 is 5.32 Å². The van der Waals surface area contributed by atoms with Gasteiger partial charge in [-0.3, -0.25) is 4.98 Å². The molecule has 198 valence electrons. The van der Waals surface area contributed by atoms with Crippen LogP contribution >= 0.6 is 19.4 Å². The van der Waals surface area contributed by atoms with Crippen molar-refractivity contribution < 1.29 is 19.2 Å². The van der Waals surface area contributed by atoms with Crippen molar-refractivity contribution in [2.24, 2.45) is 0 Å². The molecular formula is C26H43ClN3O4P. The van der Waals surface area contributed by atoms with E-state index in [9.17, 15) is 0 Å². The Morgan fingerprint density at radius 1 is 0.971 bits per heavy atom. The van der Waals surface area contributed by atoms with Crippen LogP contribution in [0.5, 0.6) is 0 Å². The van der Waals surface area contributed by atoms with Crippen LogP contribution in [0.3, 0.4) is 0 Å². The van der Waals surface area contributed by atoms with Crippen molar-refractivity contribution in [3.63, 3.8) is 0 Å². The number of hydrogen-bond donors (Lipinski definition) is 4. The van der Waals surface area contributed by atoms with Crippen LogP contribution in [0.2, 0.25) is 5.02 Å². The highest BCUT2D eigenvalue weighted by Crippen LogP contribution is 2.34. The van der Waals surface area contributed by atoms with Crippen molar-refractivity contribution in [3.8, 4) is 0 Å². The quantitative estimate of drug-likeness (QED) is 0.178. The number of aromatic nitrogens is 1. The third-order valence-corrected chi connectivity index (χ3v) is 6.57. The molecular weight excluding hydrogens is 485 g/mol. The van der Waals surface area contributed by atoms with E-state index in [1.807, 2.05) is 12.1 Å². The summed E-state index contributed by atoms with van der Waals surface area (Å²) < 4.78 is 8.88. The smallest absolute Gasteiger partial charge is 0.384 e. The van der Waals surface area contributed by atoms with Crippen LogP contribution in [0.4, 0.5) is 5.69 Å². The lowest BCUT2D eigenvalue weighted by atomic mass is 9.92. The number of rotatable bonds is 13. The monoisotopic (exact) mass is 527 g/mol. The summed E-state index contributed by atoms with van der Waals surface area (Å²) in [5.74, 6) is 0. The summed E-state index contributed by atoms with van der Waals surface area (Å²) in [7, 11) is -4.64. The molecule has 0 spiro atoms. The Morgan fingerprint density at radius 3 is 2.20 bits per heavy atom. The second-order valence-electron chi connectivity index (χ2n) is 9.33. The number of hydrogen-bond acceptors (Lipinski definition) is 4. The number of fused-ring (bicyclic) bond motifs is 2. The SMILES string of the molecule is CCCCCN(CCCCC)CCCNc1c2c(nc3cc(Cl)ccc13)CCCC2.O=P(O)(O)O. The van der Waals surface area contributed by atoms with Crippen LogP contribution in [0.25, 0.3) is 10.9 Å². The van der Waals surface area contributed by atoms with Crippen molar-refractivity contribution in [2.75, 3.05) is 31.5 Å². The number of anilines is 1. The third-order valence-electron chi connectivity index (χ3n) is 6.33. The molecule has 9 heteroatoms. The van der Waals surface area contributed by atoms with Crippen LogP contribution in [0.15, 0.2) is 18.2 Å². The van der Waals surface area contributed by atoms with Crippen molar-refractivity contribution in [1.82, 2.24) is 9.88 Å². The Labute approximate surface area is 215 Å². The van der Waals surface area contributed by atoms with Gasteiger partial charge in [-0.25, -0.2) is 4.57 Å². The zero-order valence-corrected chi connectivity index (χ0v) is 23.0. The molecule has 3 rings (SSSR count). The third kappa shape index (κ3) is 11.6. The molecule has 4 N–H and O–H groups in total. The minimum Gasteiger partial charge on any atom is -0.384 e. The standard InChI is InChI=1S/C26H40ClN3.H3O4P/c1-3-5-9-17-30(18-10-6-4-2)19-11-16-28-26-22-12-7-8-13-24(22)29-25-20-21(27)14-15-23(25)26;1-5(2,3)4/h14-15,20H,3-13,16-19H2,1-2H3,(H,28,29);(H3,1,2,3,4). The second-order valence-corrected chi connectivity index (χ2v) is 10.8. The summed E-state index contributed by atoms with van der Waals surface area (Å²) in [6.07, 6.45) is 13.9. The van der Waals surface area contributed by atoms with Gasteiger partial charge in [0, 0.05) is 28.3 Å². The molecule has 0 unspecified atom stereocenters. The van der Waals surface area contributed by atoms with E-state index in [-0.39, 0.29) is 0 Å². The molecule has 0 bridgehead atoms. The Balaban J connectivity index is 0.000000784. The highest BCUT2D eigenvalue weighted by molar-refractivity contribution is 7.45. The first-order valence-electron chi connectivity index (χ1n) is 13.1. The molecule has 35 heavy (non-hydrogen) atoms. The lowest BCUT2D eigenvalue weighted by Gasteiger charge is -2.24. The first-order chi connectivity index (χ1) is 16.7. The number of benzene rings is 1. The minimum atomic E-state index is -4.64. The van der Waals surface area contributed by atoms with Gasteiger partial charge in [0.15, 0.2) is 0 Å². The number of phosphoric acid groups is 1. The van der Waals surface area contributed by atoms with Gasteiger partial charge in [-0.1, -0.05) is 51.1 Å². The van der Waals surface area contributed by atoms with Gasteiger partial charge in [0.25, 0.3) is 0 Å². The molecule has 0 amide bonds. The molecule has 0 saturated carbocycles. The van der Waals surface area contributed by atoms with Gasteiger partial charge in [-0.05, 0) is 88.3 Å². The lowest BCUT2D eigenvalue weighted by Crippen LogP contribution is -2.28. The summed E-state index contributed by atoms with van der Waals surface area (Å²) in [5, 5.41) is 5.81. The molecule has 1 aromatic heterocycles. The van der Waals surface area contributed by atoms with E-state index >= 15 is 0 Å². The lowest BCUT2D eigenvalue weighted by molar-refractivity contribution is 0.261. The largest absolute Gasteiger partial charge is 0.466 e. The van der Waals surface area contributed by atoms with E-state index in [1.54, 1.807) is 0 Å². The minimum absolute atomic E-state index is 0.770. The first-order valence-corrected chi connectivity index (χ1v) is 15.0. The molecule has 0 radical (unpaired) electrons. The van der Waals surface area contributed by atoms with Gasteiger partial charge in [-0.2, -0.15) is 0 Å². The second kappa shape index (κ2) is 15.8. The zero-order valence-electron chi connectivity index (χ0n) is 21.3. The van der Waals surface area contributed by atoms with Crippen molar-refractivity contribution in [3.05, 3.63) is 34.5 Å². The molecule has 1 aliphatic rings. The molecule has 1 heterocycles. The Morgan fingerprint density at radius 2 is 1.57 bits per heavy atom. The molecule has 1 aliphatic carbocycles. The maximum Gasteiger partial charge on any atom is 0.466 e. The molecule has 0 aliphatic heterocycles. The molecule has 2 aromatic rings. The van der Waals surface area contributed by atoms with Gasteiger partial charge >= 0.3 is 7.82 Å². The molecule has 1 aromatic carbocycles. The summed E-state index contributed by atoms with van der Waals surface area (Å²) in [6.45, 7) is 9.30. The number of halogens is 1. The normalized spacial score (nSPS) is 13.5. The molecule has 0 fully saturated rings. The van der Waals surface area contributed by atoms with E-state index in [1.165, 1.54) is 99.8 Å². The highest BCUT2D eigenvalue weighted by Gasteiger charge is 2.18. The van der Waals surface area contributed by atoms with Gasteiger partial charge in [0.2, 0.25) is 0 Å². The Kier molecular flexibility index (Phi) is 13.6. The van der Waals surface area contributed by atoms with E-state index in [2.05, 4.69) is 30.1 Å². The fourth-order valence-corrected chi connectivity index (χ4v) is 4.79. The zero-order chi connectivity index (χ0) is 25.7. The van der Waals surface area contributed by atoms with Gasteiger partial charge in [-0.15, -0.1) is 0 Å². The van der Waals surface area contributed by atoms with Crippen LogP contribution in [-0.2, 0) is 17.4 Å². The van der Waals surface area contributed by atoms with Crippen molar-refractivity contribution in [2.45, 2.75) is 84.5 Å². The fourth-order valence-electron chi connectivity index (χ4n) is 4.62. The maximum absolute atomic E-state index is 8.88. The summed E-state index contributed by atoms with van der Waals surface area (Å²) in [6, 6.07) is 6.15. The fraction of sp³-hybridized carbons (Fsp3) is 0.654. The molecule has 0 atom stereocenters. The first kappa shape index (κ1) is 30.0. The Hall–Kier alpha value is -1.21. The summed E-state index contributed by atoms with van der Waals surface area (Å²) >= 11 is 6.25. The molecule has 7 nitrogen and oxygen atoms in total. The van der Waals surface area contributed by atoms with E-state index in [4.69, 9.17) is 35.8 Å². The van der Waals surface area contributed by atoms with E-state index < -0.39 is 7.82 Å². The van der Waals surface area contributed by atoms with Crippen LogP contribution in [-0.4, -0.2) is 50.7 Å². The van der Waals surface area contributed by atoms with Crippen LogP contribution in [0.1, 0.15) is 82.9 Å². The van der Waals surface area contributed by atoms with Crippen molar-refractivity contribution in [1.29, 1.82) is 0 Å². The van der Waals surface area contributed by atoms with E-state index in [0.717, 1.165) is 29.9 Å². The summed E-state index contributed by atoms with van der Waals surface area (Å²) in [4.78, 5) is 29.2. The highest BCUT2D eigenvalue weighted by atomic mass is 35.5. The topological polar surface area (TPSA) is 106 Å². The number of unbranched alkanes of at least 4 members (excludes halogenated alkanes) is 4. The number of nitrogens with zero attached hydrogens (tertiary/aromatic N) is 2. The van der Waals surface area contributed by atoms with Gasteiger partial charge in [0.1, 0.15) is 0 Å². The predicted molar refractivity (Wildman–Crippen MR) is 146 cm³/mol. The van der Waals surface area contributed by atoms with E-state index in [0.29, 0.717) is 0 Å². The average Bonchev–Trinajstić information content (AvgIpc) is 2.79. The number of nitrogens with one attached hydrogen (secondary N) is 1. The van der Waals surface area contributed by atoms with Crippen molar-refractivity contribution >= 4 is 36.0 Å². The molecule has 0 saturated heterocycles. The summed E-state index contributed by atoms with van der Waals surface area (Å²) in [5.41, 5.74) is 5.07. The average molecular weight is 528 g/mol. The maximum atomic E-state index is 8.88. The predicted octanol–water partition coefficient (Wildman–Crippen LogP) is 6.32. The van der Waals surface area contributed by atoms with Gasteiger partial charge in [0.05, 0.1) is 5.52 Å². The number of aryl methyl sites for hydroxylation is 1. The van der Waals surface area contributed by atoms with Gasteiger partial charge < -0.3 is 24.9 Å². The Bertz CT molecular complexity index is 936.